The van der Waals surface area contributed by atoms with Crippen LogP contribution < -0.4 is 10.6 Å². The van der Waals surface area contributed by atoms with Crippen molar-refractivity contribution in [2.45, 2.75) is 37.2 Å². The van der Waals surface area contributed by atoms with E-state index in [1.54, 1.807) is 36.6 Å². The summed E-state index contributed by atoms with van der Waals surface area (Å²) in [6.07, 6.45) is 3.37. The normalized spacial score (nSPS) is 13.3. The number of furan rings is 1. The van der Waals surface area contributed by atoms with Gasteiger partial charge in [-0.15, -0.1) is 0 Å². The van der Waals surface area contributed by atoms with Crippen LogP contribution in [0.2, 0.25) is 0 Å². The molecule has 0 radical (unpaired) electrons. The molecule has 0 aliphatic heterocycles. The number of amides is 1. The van der Waals surface area contributed by atoms with Crippen LogP contribution in [0.25, 0.3) is 11.1 Å². The number of nitrogens with zero attached hydrogens (tertiary/aromatic N) is 1. The molecule has 0 saturated carbocycles. The third kappa shape index (κ3) is 6.56. The first-order valence-electron chi connectivity index (χ1n) is 11.0. The van der Waals surface area contributed by atoms with E-state index in [-0.39, 0.29) is 29.3 Å². The zero-order valence-electron chi connectivity index (χ0n) is 19.5. The Morgan fingerprint density at radius 2 is 1.65 bits per heavy atom. The summed E-state index contributed by atoms with van der Waals surface area (Å²) in [7, 11) is -3.25. The third-order valence-electron chi connectivity index (χ3n) is 5.42. The molecule has 0 aliphatic rings. The predicted octanol–water partition coefficient (Wildman–Crippen LogP) is 4.08. The molecular weight excluding hydrogens is 450 g/mol. The fourth-order valence-corrected chi connectivity index (χ4v) is 4.36. The minimum atomic E-state index is -3.25. The molecule has 178 valence electrons. The van der Waals surface area contributed by atoms with Crippen LogP contribution in [0.3, 0.4) is 0 Å². The highest BCUT2D eigenvalue weighted by Crippen LogP contribution is 2.28. The van der Waals surface area contributed by atoms with Crippen molar-refractivity contribution in [3.63, 3.8) is 0 Å². The van der Waals surface area contributed by atoms with E-state index < -0.39 is 15.9 Å². The maximum Gasteiger partial charge on any atom is 0.237 e. The lowest BCUT2D eigenvalue weighted by Crippen LogP contribution is -2.46. The highest BCUT2D eigenvalue weighted by Gasteiger charge is 2.26. The standard InChI is InChI=1S/C26H29N3O4S/c1-18(2)17-23(26(30)28-15-14-27)29-25(24-5-4-16-33-24)21-8-6-19(7-9-21)20-10-12-22(13-11-20)34(3,31)32/h4-13,16,18,23,25,29H,15,17H2,1-3H3,(H,28,30)/t23-,25?/m0/s1. The SMILES string of the molecule is CC(C)C[C@H](NC(c1ccc(-c2ccc(S(C)(=O)=O)cc2)cc1)c1ccco1)C(=O)NCC#N. The number of nitriles is 1. The largest absolute Gasteiger partial charge is 0.467 e. The van der Waals surface area contributed by atoms with Crippen molar-refractivity contribution in [2.24, 2.45) is 5.92 Å². The van der Waals surface area contributed by atoms with E-state index in [4.69, 9.17) is 9.68 Å². The van der Waals surface area contributed by atoms with E-state index >= 15 is 0 Å². The van der Waals surface area contributed by atoms with Gasteiger partial charge in [0.15, 0.2) is 9.84 Å². The van der Waals surface area contributed by atoms with Crippen LogP contribution in [0.4, 0.5) is 0 Å². The van der Waals surface area contributed by atoms with E-state index in [9.17, 15) is 13.2 Å². The highest BCUT2D eigenvalue weighted by atomic mass is 32.2. The molecule has 1 heterocycles. The molecule has 0 fully saturated rings. The molecule has 3 rings (SSSR count). The summed E-state index contributed by atoms with van der Waals surface area (Å²) in [6, 6.07) is 19.3. The lowest BCUT2D eigenvalue weighted by atomic mass is 9.97. The first kappa shape index (κ1) is 25.2. The maximum atomic E-state index is 12.7. The van der Waals surface area contributed by atoms with Gasteiger partial charge in [-0.05, 0) is 53.3 Å². The van der Waals surface area contributed by atoms with Crippen LogP contribution in [0, 0.1) is 17.2 Å². The van der Waals surface area contributed by atoms with Gasteiger partial charge in [0.2, 0.25) is 5.91 Å². The Balaban J connectivity index is 1.88. The molecule has 1 unspecified atom stereocenters. The van der Waals surface area contributed by atoms with Crippen LogP contribution in [0.5, 0.6) is 0 Å². The minimum absolute atomic E-state index is 0.0483. The molecule has 1 amide bonds. The number of rotatable bonds is 10. The molecule has 2 atom stereocenters. The zero-order chi connectivity index (χ0) is 24.7. The van der Waals surface area contributed by atoms with Crippen LogP contribution in [-0.2, 0) is 14.6 Å². The molecule has 2 N–H and O–H groups in total. The van der Waals surface area contributed by atoms with Gasteiger partial charge in [-0.25, -0.2) is 8.42 Å². The van der Waals surface area contributed by atoms with Crippen molar-refractivity contribution >= 4 is 15.7 Å². The van der Waals surface area contributed by atoms with Gasteiger partial charge in [0, 0.05) is 6.26 Å². The third-order valence-corrected chi connectivity index (χ3v) is 6.55. The van der Waals surface area contributed by atoms with Crippen LogP contribution in [0.15, 0.2) is 76.2 Å². The van der Waals surface area contributed by atoms with Gasteiger partial charge in [0.25, 0.3) is 0 Å². The second kappa shape index (κ2) is 11.1. The zero-order valence-corrected chi connectivity index (χ0v) is 20.3. The molecule has 7 nitrogen and oxygen atoms in total. The summed E-state index contributed by atoms with van der Waals surface area (Å²) in [5.74, 6) is 0.710. The van der Waals surface area contributed by atoms with Crippen LogP contribution >= 0.6 is 0 Å². The van der Waals surface area contributed by atoms with Crippen LogP contribution in [0.1, 0.15) is 37.6 Å². The van der Waals surface area contributed by atoms with Gasteiger partial charge in [0.05, 0.1) is 29.3 Å². The molecule has 0 aliphatic carbocycles. The summed E-state index contributed by atoms with van der Waals surface area (Å²) in [4.78, 5) is 13.0. The Labute approximate surface area is 200 Å². The number of carbonyl (C=O) groups excluding carboxylic acids is 1. The Hall–Kier alpha value is -3.41. The Morgan fingerprint density at radius 3 is 2.15 bits per heavy atom. The first-order chi connectivity index (χ1) is 16.2. The lowest BCUT2D eigenvalue weighted by molar-refractivity contribution is -0.123. The summed E-state index contributed by atoms with van der Waals surface area (Å²) in [6.45, 7) is 4.03. The molecule has 3 aromatic rings. The van der Waals surface area contributed by atoms with Crippen molar-refractivity contribution in [3.8, 4) is 17.2 Å². The molecule has 1 aromatic heterocycles. The smallest absolute Gasteiger partial charge is 0.237 e. The molecule has 0 bridgehead atoms. The molecule has 8 heteroatoms. The van der Waals surface area contributed by atoms with E-state index in [2.05, 4.69) is 10.6 Å². The van der Waals surface area contributed by atoms with Gasteiger partial charge >= 0.3 is 0 Å². The van der Waals surface area contributed by atoms with E-state index in [0.717, 1.165) is 16.7 Å². The highest BCUT2D eigenvalue weighted by molar-refractivity contribution is 7.90. The number of carbonyl (C=O) groups is 1. The van der Waals surface area contributed by atoms with Crippen molar-refractivity contribution < 1.29 is 17.6 Å². The maximum absolute atomic E-state index is 12.7. The number of hydrogen-bond acceptors (Lipinski definition) is 6. The molecule has 0 spiro atoms. The van der Waals surface area contributed by atoms with Gasteiger partial charge < -0.3 is 9.73 Å². The fraction of sp³-hybridized carbons (Fsp3) is 0.308. The topological polar surface area (TPSA) is 112 Å². The average molecular weight is 480 g/mol. The van der Waals surface area contributed by atoms with Gasteiger partial charge in [-0.2, -0.15) is 5.26 Å². The molecule has 2 aromatic carbocycles. The minimum Gasteiger partial charge on any atom is -0.467 e. The van der Waals surface area contributed by atoms with Gasteiger partial charge in [-0.1, -0.05) is 50.2 Å². The monoisotopic (exact) mass is 479 g/mol. The van der Waals surface area contributed by atoms with Crippen molar-refractivity contribution in [2.75, 3.05) is 12.8 Å². The summed E-state index contributed by atoms with van der Waals surface area (Å²) in [5.41, 5.74) is 2.75. The Bertz CT molecular complexity index is 1230. The first-order valence-corrected chi connectivity index (χ1v) is 12.9. The summed E-state index contributed by atoms with van der Waals surface area (Å²) >= 11 is 0. The quantitative estimate of drug-likeness (QED) is 0.424. The summed E-state index contributed by atoms with van der Waals surface area (Å²) in [5, 5.41) is 14.9. The average Bonchev–Trinajstić information content (AvgIpc) is 3.34. The number of benzene rings is 2. The Kier molecular flexibility index (Phi) is 8.26. The van der Waals surface area contributed by atoms with E-state index in [0.29, 0.717) is 12.2 Å². The fourth-order valence-electron chi connectivity index (χ4n) is 3.73. The Morgan fingerprint density at radius 1 is 1.03 bits per heavy atom. The van der Waals surface area contributed by atoms with E-state index in [1.165, 1.54) is 6.26 Å². The van der Waals surface area contributed by atoms with Crippen molar-refractivity contribution in [3.05, 3.63) is 78.3 Å². The summed E-state index contributed by atoms with van der Waals surface area (Å²) < 4.78 is 29.1. The number of nitrogens with one attached hydrogen (secondary N) is 2. The predicted molar refractivity (Wildman–Crippen MR) is 131 cm³/mol. The van der Waals surface area contributed by atoms with Gasteiger partial charge in [0.1, 0.15) is 12.3 Å². The van der Waals surface area contributed by atoms with E-state index in [1.807, 2.05) is 50.2 Å². The molecule has 34 heavy (non-hydrogen) atoms. The number of hydrogen-bond donors (Lipinski definition) is 2. The van der Waals surface area contributed by atoms with Crippen molar-refractivity contribution in [1.29, 1.82) is 5.26 Å². The second-order valence-corrected chi connectivity index (χ2v) is 10.6. The van der Waals surface area contributed by atoms with Crippen LogP contribution in [-0.4, -0.2) is 33.2 Å². The number of sulfone groups is 1. The van der Waals surface area contributed by atoms with Crippen molar-refractivity contribution in [1.82, 2.24) is 10.6 Å². The molecule has 0 saturated heterocycles. The van der Waals surface area contributed by atoms with Gasteiger partial charge in [-0.3, -0.25) is 10.1 Å². The second-order valence-electron chi connectivity index (χ2n) is 8.59. The lowest BCUT2D eigenvalue weighted by Gasteiger charge is -2.25. The molecular formula is C26H29N3O4S.